The highest BCUT2D eigenvalue weighted by atomic mass is 32.2. The topological polar surface area (TPSA) is 81.7 Å². The number of hydrogen-bond donors (Lipinski definition) is 1. The maximum absolute atomic E-state index is 11.7. The molecule has 0 aliphatic carbocycles. The number of ether oxygens (including phenoxy) is 2. The lowest BCUT2D eigenvalue weighted by molar-refractivity contribution is -0.106. The van der Waals surface area contributed by atoms with Gasteiger partial charge < -0.3 is 14.3 Å². The highest BCUT2D eigenvalue weighted by Crippen LogP contribution is 2.31. The van der Waals surface area contributed by atoms with Crippen molar-refractivity contribution >= 4 is 16.3 Å². The van der Waals surface area contributed by atoms with E-state index in [4.69, 9.17) is 9.47 Å². The van der Waals surface area contributed by atoms with Crippen LogP contribution in [0.5, 0.6) is 11.5 Å². The molecule has 2 rings (SSSR count). The van der Waals surface area contributed by atoms with Crippen molar-refractivity contribution in [3.05, 3.63) is 18.2 Å². The Morgan fingerprint density at radius 3 is 2.65 bits per heavy atom. The summed E-state index contributed by atoms with van der Waals surface area (Å²) < 4.78 is 36.1. The number of aldehydes is 1. The van der Waals surface area contributed by atoms with Crippen molar-refractivity contribution in [3.63, 3.8) is 0 Å². The van der Waals surface area contributed by atoms with Crippen molar-refractivity contribution in [2.75, 3.05) is 19.8 Å². The summed E-state index contributed by atoms with van der Waals surface area (Å²) in [7, 11) is -3.67. The highest BCUT2D eigenvalue weighted by Gasteiger charge is 2.18. The number of benzene rings is 1. The van der Waals surface area contributed by atoms with E-state index in [1.807, 2.05) is 0 Å². The maximum Gasteiger partial charge on any atom is 0.241 e. The molecule has 7 heteroatoms. The molecule has 1 aromatic carbocycles. The Morgan fingerprint density at radius 2 is 1.94 bits per heavy atom. The van der Waals surface area contributed by atoms with Crippen molar-refractivity contribution < 1.29 is 22.7 Å². The zero-order valence-electron chi connectivity index (χ0n) is 8.88. The molecule has 1 aliphatic heterocycles. The molecule has 6 nitrogen and oxygen atoms in total. The molecule has 0 spiro atoms. The zero-order valence-corrected chi connectivity index (χ0v) is 9.70. The van der Waals surface area contributed by atoms with E-state index in [9.17, 15) is 13.2 Å². The van der Waals surface area contributed by atoms with Gasteiger partial charge in [0, 0.05) is 6.07 Å². The van der Waals surface area contributed by atoms with Crippen LogP contribution >= 0.6 is 0 Å². The molecule has 1 heterocycles. The van der Waals surface area contributed by atoms with Crippen LogP contribution in [-0.2, 0) is 14.8 Å². The molecule has 0 saturated heterocycles. The van der Waals surface area contributed by atoms with E-state index in [1.54, 1.807) is 0 Å². The number of carbonyl (C=O) groups is 1. The fraction of sp³-hybridized carbons (Fsp3) is 0.300. The molecule has 0 fully saturated rings. The van der Waals surface area contributed by atoms with E-state index in [0.717, 1.165) is 0 Å². The number of rotatable bonds is 4. The van der Waals surface area contributed by atoms with Crippen LogP contribution in [0.15, 0.2) is 23.1 Å². The Labute approximate surface area is 98.6 Å². The Kier molecular flexibility index (Phi) is 3.30. The van der Waals surface area contributed by atoms with E-state index in [1.165, 1.54) is 18.2 Å². The van der Waals surface area contributed by atoms with Gasteiger partial charge in [-0.15, -0.1) is 0 Å². The minimum atomic E-state index is -3.67. The molecule has 0 amide bonds. The maximum atomic E-state index is 11.7. The van der Waals surface area contributed by atoms with Gasteiger partial charge in [-0.3, -0.25) is 0 Å². The summed E-state index contributed by atoms with van der Waals surface area (Å²) in [5.41, 5.74) is 0. The second-order valence-electron chi connectivity index (χ2n) is 3.32. The van der Waals surface area contributed by atoms with Gasteiger partial charge in [0.05, 0.1) is 11.4 Å². The fourth-order valence-electron chi connectivity index (χ4n) is 1.42. The minimum absolute atomic E-state index is 0.0450. The van der Waals surface area contributed by atoms with Crippen LogP contribution in [0.3, 0.4) is 0 Å². The van der Waals surface area contributed by atoms with Crippen molar-refractivity contribution in [3.8, 4) is 11.5 Å². The minimum Gasteiger partial charge on any atom is -0.486 e. The van der Waals surface area contributed by atoms with Gasteiger partial charge in [0.1, 0.15) is 19.5 Å². The third kappa shape index (κ3) is 2.56. The van der Waals surface area contributed by atoms with Gasteiger partial charge in [0.2, 0.25) is 10.0 Å². The molecule has 0 radical (unpaired) electrons. The number of carbonyl (C=O) groups excluding carboxylic acids is 1. The lowest BCUT2D eigenvalue weighted by atomic mass is 10.3. The molecule has 1 aromatic rings. The molecule has 0 saturated carbocycles. The van der Waals surface area contributed by atoms with E-state index in [2.05, 4.69) is 4.72 Å². The third-order valence-corrected chi connectivity index (χ3v) is 3.60. The normalized spacial score (nSPS) is 14.4. The quantitative estimate of drug-likeness (QED) is 0.764. The third-order valence-electron chi connectivity index (χ3n) is 2.18. The van der Waals surface area contributed by atoms with E-state index >= 15 is 0 Å². The van der Waals surface area contributed by atoms with E-state index < -0.39 is 10.0 Å². The Bertz CT molecular complexity index is 525. The summed E-state index contributed by atoms with van der Waals surface area (Å²) in [5, 5.41) is 0. The molecule has 92 valence electrons. The SMILES string of the molecule is O=CCNS(=O)(=O)c1ccc2c(c1)OCCO2. The first kappa shape index (κ1) is 11.9. The van der Waals surface area contributed by atoms with Crippen molar-refractivity contribution in [1.82, 2.24) is 4.72 Å². The summed E-state index contributed by atoms with van der Waals surface area (Å²) in [4.78, 5) is 10.2. The second-order valence-corrected chi connectivity index (χ2v) is 5.09. The number of hydrogen-bond acceptors (Lipinski definition) is 5. The predicted molar refractivity (Wildman–Crippen MR) is 58.7 cm³/mol. The van der Waals surface area contributed by atoms with Crippen molar-refractivity contribution in [2.45, 2.75) is 4.90 Å². The van der Waals surface area contributed by atoms with Gasteiger partial charge in [0.25, 0.3) is 0 Å². The monoisotopic (exact) mass is 257 g/mol. The Balaban J connectivity index is 2.30. The summed E-state index contributed by atoms with van der Waals surface area (Å²) in [6.07, 6.45) is 0.482. The van der Waals surface area contributed by atoms with Crippen LogP contribution < -0.4 is 14.2 Å². The molecular weight excluding hydrogens is 246 g/mol. The lowest BCUT2D eigenvalue weighted by Gasteiger charge is -2.18. The number of sulfonamides is 1. The van der Waals surface area contributed by atoms with Gasteiger partial charge in [-0.1, -0.05) is 0 Å². The summed E-state index contributed by atoms with van der Waals surface area (Å²) in [6.45, 7) is 0.581. The first-order chi connectivity index (χ1) is 8.13. The van der Waals surface area contributed by atoms with Gasteiger partial charge in [-0.25, -0.2) is 13.1 Å². The average Bonchev–Trinajstić information content (AvgIpc) is 2.36. The fourth-order valence-corrected chi connectivity index (χ4v) is 2.38. The molecule has 0 unspecified atom stereocenters. The van der Waals surface area contributed by atoms with Crippen LogP contribution in [0.25, 0.3) is 0 Å². The van der Waals surface area contributed by atoms with Crippen molar-refractivity contribution in [2.24, 2.45) is 0 Å². The Morgan fingerprint density at radius 1 is 1.24 bits per heavy atom. The molecule has 0 bridgehead atoms. The molecule has 1 aliphatic rings. The second kappa shape index (κ2) is 4.72. The summed E-state index contributed by atoms with van der Waals surface area (Å²) in [6, 6.07) is 4.31. The van der Waals surface area contributed by atoms with Crippen LogP contribution in [0.4, 0.5) is 0 Å². The molecular formula is C10H11NO5S. The summed E-state index contributed by atoms with van der Waals surface area (Å²) >= 11 is 0. The first-order valence-corrected chi connectivity index (χ1v) is 6.45. The van der Waals surface area contributed by atoms with E-state index in [0.29, 0.717) is 31.0 Å². The lowest BCUT2D eigenvalue weighted by Crippen LogP contribution is -2.25. The first-order valence-electron chi connectivity index (χ1n) is 4.96. The van der Waals surface area contributed by atoms with Crippen LogP contribution in [0.1, 0.15) is 0 Å². The van der Waals surface area contributed by atoms with Gasteiger partial charge in [-0.05, 0) is 12.1 Å². The van der Waals surface area contributed by atoms with Gasteiger partial charge in [-0.2, -0.15) is 0 Å². The summed E-state index contributed by atoms with van der Waals surface area (Å²) in [5.74, 6) is 0.913. The smallest absolute Gasteiger partial charge is 0.241 e. The van der Waals surface area contributed by atoms with Crippen molar-refractivity contribution in [1.29, 1.82) is 0 Å². The molecule has 17 heavy (non-hydrogen) atoms. The molecule has 0 aromatic heterocycles. The van der Waals surface area contributed by atoms with Crippen LogP contribution in [-0.4, -0.2) is 34.5 Å². The van der Waals surface area contributed by atoms with Gasteiger partial charge >= 0.3 is 0 Å². The van der Waals surface area contributed by atoms with Gasteiger partial charge in [0.15, 0.2) is 11.5 Å². The average molecular weight is 257 g/mol. The molecule has 1 N–H and O–H groups in total. The molecule has 0 atom stereocenters. The van der Waals surface area contributed by atoms with Crippen LogP contribution in [0, 0.1) is 0 Å². The number of fused-ring (bicyclic) bond motifs is 1. The predicted octanol–water partition coefficient (Wildman–Crippen LogP) is -0.0650. The van der Waals surface area contributed by atoms with E-state index in [-0.39, 0.29) is 11.4 Å². The highest BCUT2D eigenvalue weighted by molar-refractivity contribution is 7.89. The largest absolute Gasteiger partial charge is 0.486 e. The standard InChI is InChI=1S/C10H11NO5S/c12-4-3-11-17(13,14)8-1-2-9-10(7-8)16-6-5-15-9/h1-2,4,7,11H,3,5-6H2. The Hall–Kier alpha value is -1.60. The number of nitrogens with one attached hydrogen (secondary N) is 1. The zero-order chi connectivity index (χ0) is 12.3. The van der Waals surface area contributed by atoms with Crippen LogP contribution in [0.2, 0.25) is 0 Å².